The minimum atomic E-state index is -3.77. The van der Waals surface area contributed by atoms with Crippen LogP contribution in [-0.4, -0.2) is 41.8 Å². The molecule has 1 atom stereocenters. The lowest BCUT2D eigenvalue weighted by atomic mass is 10.0. The fourth-order valence-corrected chi connectivity index (χ4v) is 4.73. The Hall–Kier alpha value is -2.53. The third-order valence-electron chi connectivity index (χ3n) is 4.81. The van der Waals surface area contributed by atoms with Gasteiger partial charge in [-0.3, -0.25) is 9.10 Å². The quantitative estimate of drug-likeness (QED) is 0.554. The van der Waals surface area contributed by atoms with Crippen molar-refractivity contribution in [3.8, 4) is 0 Å². The molecular formula is C21H26F2N2O5S2. The van der Waals surface area contributed by atoms with Crippen LogP contribution in [0.3, 0.4) is 0 Å². The summed E-state index contributed by atoms with van der Waals surface area (Å²) in [5.74, 6) is -2.57. The summed E-state index contributed by atoms with van der Waals surface area (Å²) >= 11 is 0. The molecule has 0 saturated heterocycles. The number of hydrogen-bond acceptors (Lipinski definition) is 5. The van der Waals surface area contributed by atoms with Crippen LogP contribution in [-0.2, 0) is 24.7 Å². The number of hydrogen-bond donors (Lipinski definition) is 1. The molecule has 32 heavy (non-hydrogen) atoms. The highest BCUT2D eigenvalue weighted by atomic mass is 32.2. The van der Waals surface area contributed by atoms with Gasteiger partial charge in [-0.05, 0) is 42.7 Å². The fraction of sp³-hybridized carbons (Fsp3) is 0.381. The molecule has 0 saturated carbocycles. The zero-order valence-electron chi connectivity index (χ0n) is 18.0. The lowest BCUT2D eigenvalue weighted by Gasteiger charge is -2.23. The van der Waals surface area contributed by atoms with Gasteiger partial charge in [0.2, 0.25) is 15.9 Å². The second-order valence-corrected chi connectivity index (χ2v) is 11.3. The zero-order valence-corrected chi connectivity index (χ0v) is 19.6. The van der Waals surface area contributed by atoms with Gasteiger partial charge in [0, 0.05) is 25.3 Å². The summed E-state index contributed by atoms with van der Waals surface area (Å²) in [6, 6.07) is 8.69. The van der Waals surface area contributed by atoms with Crippen molar-refractivity contribution in [2.24, 2.45) is 0 Å². The number of nitrogens with one attached hydrogen (secondary N) is 1. The van der Waals surface area contributed by atoms with E-state index in [1.165, 1.54) is 12.1 Å². The van der Waals surface area contributed by atoms with Crippen LogP contribution in [0.15, 0.2) is 47.4 Å². The summed E-state index contributed by atoms with van der Waals surface area (Å²) in [6.07, 6.45) is 2.78. The maximum atomic E-state index is 13.5. The second-order valence-electron chi connectivity index (χ2n) is 7.41. The number of sulfone groups is 1. The molecule has 0 unspecified atom stereocenters. The van der Waals surface area contributed by atoms with Crippen molar-refractivity contribution in [1.82, 2.24) is 5.32 Å². The molecule has 0 aliphatic carbocycles. The van der Waals surface area contributed by atoms with E-state index >= 15 is 0 Å². The van der Waals surface area contributed by atoms with Crippen molar-refractivity contribution in [1.29, 1.82) is 0 Å². The molecule has 0 heterocycles. The van der Waals surface area contributed by atoms with Gasteiger partial charge in [0.05, 0.1) is 22.9 Å². The van der Waals surface area contributed by atoms with Crippen molar-refractivity contribution in [3.05, 3.63) is 59.7 Å². The molecule has 2 aromatic carbocycles. The Morgan fingerprint density at radius 2 is 1.62 bits per heavy atom. The van der Waals surface area contributed by atoms with Gasteiger partial charge in [-0.15, -0.1) is 0 Å². The number of halogens is 2. The highest BCUT2D eigenvalue weighted by molar-refractivity contribution is 7.92. The normalized spacial score (nSPS) is 12.9. The highest BCUT2D eigenvalue weighted by Crippen LogP contribution is 2.22. The fourth-order valence-electron chi connectivity index (χ4n) is 3.14. The maximum Gasteiger partial charge on any atom is 0.232 e. The van der Waals surface area contributed by atoms with Crippen molar-refractivity contribution < 1.29 is 30.4 Å². The van der Waals surface area contributed by atoms with E-state index in [9.17, 15) is 30.4 Å². The molecule has 0 aliphatic heterocycles. The molecule has 0 aromatic heterocycles. The summed E-state index contributed by atoms with van der Waals surface area (Å²) in [5.41, 5.74) is 0.719. The lowest BCUT2D eigenvalue weighted by molar-refractivity contribution is -0.121. The summed E-state index contributed by atoms with van der Waals surface area (Å²) in [4.78, 5) is 12.6. The average molecular weight is 489 g/mol. The van der Waals surface area contributed by atoms with Crippen molar-refractivity contribution >= 4 is 31.5 Å². The molecule has 7 nitrogen and oxygen atoms in total. The van der Waals surface area contributed by atoms with Crippen LogP contribution in [0, 0.1) is 11.6 Å². The van der Waals surface area contributed by atoms with Gasteiger partial charge in [0.1, 0.15) is 0 Å². The van der Waals surface area contributed by atoms with E-state index in [4.69, 9.17) is 0 Å². The number of carbonyl (C=O) groups is 1. The highest BCUT2D eigenvalue weighted by Gasteiger charge is 2.20. The minimum absolute atomic E-state index is 0.00756. The minimum Gasteiger partial charge on any atom is -0.349 e. The Kier molecular flexibility index (Phi) is 8.35. The molecule has 1 amide bonds. The number of carbonyl (C=O) groups excluding carboxylic acids is 1. The first kappa shape index (κ1) is 25.7. The summed E-state index contributed by atoms with van der Waals surface area (Å²) in [6.45, 7) is 1.78. The number of nitrogens with zero attached hydrogens (tertiary/aromatic N) is 1. The average Bonchev–Trinajstić information content (AvgIpc) is 2.70. The van der Waals surface area contributed by atoms with Gasteiger partial charge in [-0.1, -0.05) is 19.1 Å². The third-order valence-corrected chi connectivity index (χ3v) is 7.13. The Morgan fingerprint density at radius 1 is 1.00 bits per heavy atom. The lowest BCUT2D eigenvalue weighted by Crippen LogP contribution is -2.33. The van der Waals surface area contributed by atoms with E-state index in [1.807, 2.05) is 6.92 Å². The Labute approximate surface area is 187 Å². The molecule has 2 rings (SSSR count). The maximum absolute atomic E-state index is 13.5. The molecule has 0 aliphatic rings. The Balaban J connectivity index is 2.01. The van der Waals surface area contributed by atoms with Crippen molar-refractivity contribution in [2.75, 3.05) is 23.4 Å². The molecule has 11 heteroatoms. The van der Waals surface area contributed by atoms with E-state index in [-0.39, 0.29) is 41.9 Å². The third kappa shape index (κ3) is 6.99. The predicted molar refractivity (Wildman–Crippen MR) is 119 cm³/mol. The predicted octanol–water partition coefficient (Wildman–Crippen LogP) is 3.18. The number of benzene rings is 2. The monoisotopic (exact) mass is 488 g/mol. The molecule has 176 valence electrons. The van der Waals surface area contributed by atoms with Gasteiger partial charge in [0.15, 0.2) is 21.5 Å². The van der Waals surface area contributed by atoms with Crippen molar-refractivity contribution in [3.63, 3.8) is 0 Å². The molecule has 0 bridgehead atoms. The van der Waals surface area contributed by atoms with Crippen LogP contribution >= 0.6 is 0 Å². The van der Waals surface area contributed by atoms with Gasteiger partial charge >= 0.3 is 0 Å². The summed E-state index contributed by atoms with van der Waals surface area (Å²) in [7, 11) is -7.09. The zero-order chi connectivity index (χ0) is 24.1. The largest absolute Gasteiger partial charge is 0.349 e. The van der Waals surface area contributed by atoms with Gasteiger partial charge in [-0.25, -0.2) is 25.6 Å². The van der Waals surface area contributed by atoms with Crippen molar-refractivity contribution in [2.45, 2.75) is 37.1 Å². The van der Waals surface area contributed by atoms with Crippen LogP contribution in [0.5, 0.6) is 0 Å². The standard InChI is InChI=1S/C21H26F2N2O5S2/c1-4-20(15-7-10-17(11-8-15)31(2,27)28)24-21(26)6-5-13-25(32(3,29)30)16-9-12-18(22)19(23)14-16/h7-12,14,20H,4-6,13H2,1-3H3,(H,24,26)/t20-/m1/s1. The summed E-state index contributed by atoms with van der Waals surface area (Å²) in [5, 5.41) is 2.84. The number of amides is 1. The second kappa shape index (κ2) is 10.4. The van der Waals surface area contributed by atoms with E-state index in [0.717, 1.165) is 40.6 Å². The summed E-state index contributed by atoms with van der Waals surface area (Å²) < 4.78 is 74.9. The van der Waals surface area contributed by atoms with Crippen LogP contribution in [0.2, 0.25) is 0 Å². The van der Waals surface area contributed by atoms with Crippen LogP contribution < -0.4 is 9.62 Å². The first-order chi connectivity index (χ1) is 14.8. The Morgan fingerprint density at radius 3 is 2.12 bits per heavy atom. The van der Waals surface area contributed by atoms with Crippen LogP contribution in [0.4, 0.5) is 14.5 Å². The first-order valence-corrected chi connectivity index (χ1v) is 13.6. The van der Waals surface area contributed by atoms with Gasteiger partial charge in [0.25, 0.3) is 0 Å². The van der Waals surface area contributed by atoms with Gasteiger partial charge in [-0.2, -0.15) is 0 Å². The topological polar surface area (TPSA) is 101 Å². The van der Waals surface area contributed by atoms with E-state index < -0.39 is 31.5 Å². The van der Waals surface area contributed by atoms with E-state index in [1.54, 1.807) is 12.1 Å². The molecule has 0 spiro atoms. The van der Waals surface area contributed by atoms with Gasteiger partial charge < -0.3 is 5.32 Å². The number of rotatable bonds is 10. The van der Waals surface area contributed by atoms with Crippen LogP contribution in [0.1, 0.15) is 37.8 Å². The molecule has 2 aromatic rings. The smallest absolute Gasteiger partial charge is 0.232 e. The SMILES string of the molecule is CC[C@@H](NC(=O)CCCN(c1ccc(F)c(F)c1)S(C)(=O)=O)c1ccc(S(C)(=O)=O)cc1. The molecule has 0 radical (unpaired) electrons. The molecule has 0 fully saturated rings. The molecular weight excluding hydrogens is 462 g/mol. The molecule has 1 N–H and O–H groups in total. The van der Waals surface area contributed by atoms with E-state index in [2.05, 4.69) is 5.32 Å². The first-order valence-electron chi connectivity index (χ1n) is 9.85. The number of anilines is 1. The van der Waals surface area contributed by atoms with E-state index in [0.29, 0.717) is 6.42 Å². The Bertz CT molecular complexity index is 1170. The van der Waals surface area contributed by atoms with Crippen LogP contribution in [0.25, 0.3) is 0 Å². The number of sulfonamides is 1.